The highest BCUT2D eigenvalue weighted by Crippen LogP contribution is 2.36. The lowest BCUT2D eigenvalue weighted by Gasteiger charge is -2.24. The van der Waals surface area contributed by atoms with Crippen molar-refractivity contribution in [2.45, 2.75) is 13.5 Å². The summed E-state index contributed by atoms with van der Waals surface area (Å²) in [7, 11) is 0. The maximum atomic E-state index is 12.5. The lowest BCUT2D eigenvalue weighted by atomic mass is 10.1. The molecule has 136 valence electrons. The number of fused-ring (bicyclic) bond motifs is 1. The molecule has 1 aliphatic heterocycles. The molecule has 0 fully saturated rings. The number of amides is 1. The van der Waals surface area contributed by atoms with Gasteiger partial charge < -0.3 is 19.1 Å². The van der Waals surface area contributed by atoms with E-state index in [2.05, 4.69) is 6.58 Å². The summed E-state index contributed by atoms with van der Waals surface area (Å²) in [6.45, 7) is 6.56. The summed E-state index contributed by atoms with van der Waals surface area (Å²) in [5, 5.41) is 0. The van der Waals surface area contributed by atoms with Gasteiger partial charge in [-0.05, 0) is 24.6 Å². The van der Waals surface area contributed by atoms with Crippen LogP contribution in [0.5, 0.6) is 17.2 Å². The lowest BCUT2D eigenvalue weighted by Crippen LogP contribution is -2.31. The Morgan fingerprint density at radius 2 is 2.12 bits per heavy atom. The summed E-state index contributed by atoms with van der Waals surface area (Å²) >= 11 is 5.84. The van der Waals surface area contributed by atoms with Crippen molar-refractivity contribution in [2.24, 2.45) is 0 Å². The fourth-order valence-electron chi connectivity index (χ4n) is 2.81. The molecule has 26 heavy (non-hydrogen) atoms. The molecule has 0 spiro atoms. The first-order valence-electron chi connectivity index (χ1n) is 8.22. The quantitative estimate of drug-likeness (QED) is 0.542. The van der Waals surface area contributed by atoms with Crippen LogP contribution in [0.15, 0.2) is 49.1 Å². The summed E-state index contributed by atoms with van der Waals surface area (Å²) in [6.07, 6.45) is 1.69. The summed E-state index contributed by atoms with van der Waals surface area (Å²) in [6, 6.07) is 11.2. The first kappa shape index (κ1) is 18.1. The highest BCUT2D eigenvalue weighted by molar-refractivity contribution is 6.29. The SMILES string of the molecule is C=CCOc1c(C)cccc1CN(C(=O)CCl)c1ccc2c(c1)OCO2. The zero-order valence-corrected chi connectivity index (χ0v) is 15.3. The molecule has 1 heterocycles. The Bertz CT molecular complexity index is 821. The first-order chi connectivity index (χ1) is 12.6. The Morgan fingerprint density at radius 3 is 2.88 bits per heavy atom. The molecule has 2 aromatic carbocycles. The van der Waals surface area contributed by atoms with Crippen LogP contribution in [0, 0.1) is 6.92 Å². The molecule has 0 saturated carbocycles. The van der Waals surface area contributed by atoms with Crippen molar-refractivity contribution < 1.29 is 19.0 Å². The Hall–Kier alpha value is -2.66. The Morgan fingerprint density at radius 1 is 1.31 bits per heavy atom. The fourth-order valence-corrected chi connectivity index (χ4v) is 2.95. The van der Waals surface area contributed by atoms with E-state index in [0.717, 1.165) is 16.9 Å². The van der Waals surface area contributed by atoms with E-state index in [1.54, 1.807) is 23.1 Å². The van der Waals surface area contributed by atoms with Gasteiger partial charge in [0.25, 0.3) is 0 Å². The number of benzene rings is 2. The number of aryl methyl sites for hydroxylation is 1. The third kappa shape index (κ3) is 3.78. The maximum absolute atomic E-state index is 12.5. The van der Waals surface area contributed by atoms with Gasteiger partial charge in [-0.15, -0.1) is 11.6 Å². The average molecular weight is 374 g/mol. The molecule has 2 aromatic rings. The Balaban J connectivity index is 1.94. The number of carbonyl (C=O) groups is 1. The molecule has 0 radical (unpaired) electrons. The van der Waals surface area contributed by atoms with E-state index in [4.69, 9.17) is 25.8 Å². The topological polar surface area (TPSA) is 48.0 Å². The lowest BCUT2D eigenvalue weighted by molar-refractivity contribution is -0.116. The molecule has 1 amide bonds. The minimum atomic E-state index is -0.207. The number of para-hydroxylation sites is 1. The molecule has 5 nitrogen and oxygen atoms in total. The van der Waals surface area contributed by atoms with Gasteiger partial charge in [0.1, 0.15) is 18.2 Å². The zero-order chi connectivity index (χ0) is 18.5. The molecule has 6 heteroatoms. The molecule has 0 atom stereocenters. The monoisotopic (exact) mass is 373 g/mol. The van der Waals surface area contributed by atoms with Crippen LogP contribution in [-0.2, 0) is 11.3 Å². The highest BCUT2D eigenvalue weighted by Gasteiger charge is 2.21. The Labute approximate surface area is 157 Å². The standard InChI is InChI=1S/C20H20ClNO4/c1-3-9-24-20-14(2)5-4-6-15(20)12-22(19(23)11-21)16-7-8-17-18(10-16)26-13-25-17/h3-8,10H,1,9,11-13H2,2H3. The summed E-state index contributed by atoms with van der Waals surface area (Å²) in [5.41, 5.74) is 2.58. The van der Waals surface area contributed by atoms with E-state index in [1.807, 2.05) is 31.2 Å². The van der Waals surface area contributed by atoms with Crippen molar-refractivity contribution in [3.63, 3.8) is 0 Å². The van der Waals surface area contributed by atoms with Crippen molar-refractivity contribution in [1.82, 2.24) is 0 Å². The zero-order valence-electron chi connectivity index (χ0n) is 14.5. The number of nitrogens with zero attached hydrogens (tertiary/aromatic N) is 1. The van der Waals surface area contributed by atoms with Crippen molar-refractivity contribution in [3.05, 3.63) is 60.2 Å². The predicted molar refractivity (Wildman–Crippen MR) is 101 cm³/mol. The number of carbonyl (C=O) groups excluding carboxylic acids is 1. The highest BCUT2D eigenvalue weighted by atomic mass is 35.5. The minimum absolute atomic E-state index is 0.122. The number of ether oxygens (including phenoxy) is 3. The molecule has 1 aliphatic rings. The summed E-state index contributed by atoms with van der Waals surface area (Å²) in [4.78, 5) is 14.1. The third-order valence-electron chi connectivity index (χ3n) is 4.05. The molecular formula is C20H20ClNO4. The van der Waals surface area contributed by atoms with Crippen molar-refractivity contribution >= 4 is 23.2 Å². The van der Waals surface area contributed by atoms with Crippen LogP contribution < -0.4 is 19.1 Å². The smallest absolute Gasteiger partial charge is 0.242 e. The molecule has 0 bridgehead atoms. The first-order valence-corrected chi connectivity index (χ1v) is 8.75. The van der Waals surface area contributed by atoms with E-state index in [-0.39, 0.29) is 18.6 Å². The maximum Gasteiger partial charge on any atom is 0.242 e. The number of rotatable bonds is 7. The van der Waals surface area contributed by atoms with Gasteiger partial charge in [0, 0.05) is 17.3 Å². The molecule has 0 aromatic heterocycles. The van der Waals surface area contributed by atoms with Crippen LogP contribution in [-0.4, -0.2) is 25.2 Å². The van der Waals surface area contributed by atoms with Crippen molar-refractivity contribution in [3.8, 4) is 17.2 Å². The van der Waals surface area contributed by atoms with Gasteiger partial charge in [-0.2, -0.15) is 0 Å². The second-order valence-electron chi connectivity index (χ2n) is 5.81. The van der Waals surface area contributed by atoms with Gasteiger partial charge in [-0.3, -0.25) is 4.79 Å². The summed E-state index contributed by atoms with van der Waals surface area (Å²) < 4.78 is 16.6. The van der Waals surface area contributed by atoms with Crippen molar-refractivity contribution in [1.29, 1.82) is 0 Å². The van der Waals surface area contributed by atoms with E-state index >= 15 is 0 Å². The number of alkyl halides is 1. The Kier molecular flexibility index (Phi) is 5.68. The van der Waals surface area contributed by atoms with Gasteiger partial charge in [-0.25, -0.2) is 0 Å². The van der Waals surface area contributed by atoms with E-state index in [9.17, 15) is 4.79 Å². The van der Waals surface area contributed by atoms with Gasteiger partial charge in [-0.1, -0.05) is 30.9 Å². The molecule has 0 N–H and O–H groups in total. The van der Waals surface area contributed by atoms with Gasteiger partial charge in [0.15, 0.2) is 11.5 Å². The second kappa shape index (κ2) is 8.15. The van der Waals surface area contributed by atoms with E-state index < -0.39 is 0 Å². The number of hydrogen-bond acceptors (Lipinski definition) is 4. The normalized spacial score (nSPS) is 11.9. The molecule has 0 unspecified atom stereocenters. The molecular weight excluding hydrogens is 354 g/mol. The second-order valence-corrected chi connectivity index (χ2v) is 6.08. The van der Waals surface area contributed by atoms with Crippen LogP contribution in [0.2, 0.25) is 0 Å². The van der Waals surface area contributed by atoms with Crippen LogP contribution in [0.3, 0.4) is 0 Å². The van der Waals surface area contributed by atoms with Gasteiger partial charge in [0.2, 0.25) is 12.7 Å². The van der Waals surface area contributed by atoms with Gasteiger partial charge in [0.05, 0.1) is 6.54 Å². The third-order valence-corrected chi connectivity index (χ3v) is 4.28. The van der Waals surface area contributed by atoms with Crippen LogP contribution in [0.1, 0.15) is 11.1 Å². The van der Waals surface area contributed by atoms with E-state index in [0.29, 0.717) is 30.3 Å². The number of anilines is 1. The number of hydrogen-bond donors (Lipinski definition) is 0. The van der Waals surface area contributed by atoms with Crippen LogP contribution in [0.4, 0.5) is 5.69 Å². The largest absolute Gasteiger partial charge is 0.489 e. The summed E-state index contributed by atoms with van der Waals surface area (Å²) in [5.74, 6) is 1.70. The fraction of sp³-hybridized carbons (Fsp3) is 0.250. The van der Waals surface area contributed by atoms with E-state index in [1.165, 1.54) is 0 Å². The minimum Gasteiger partial charge on any atom is -0.489 e. The van der Waals surface area contributed by atoms with Gasteiger partial charge >= 0.3 is 0 Å². The average Bonchev–Trinajstić information content (AvgIpc) is 3.12. The molecule has 0 saturated heterocycles. The number of halogens is 1. The van der Waals surface area contributed by atoms with Crippen LogP contribution >= 0.6 is 11.6 Å². The predicted octanol–water partition coefficient (Wildman–Crippen LogP) is 4.06. The van der Waals surface area contributed by atoms with Crippen molar-refractivity contribution in [2.75, 3.05) is 24.2 Å². The van der Waals surface area contributed by atoms with Crippen LogP contribution in [0.25, 0.3) is 0 Å². The molecule has 0 aliphatic carbocycles. The molecule has 3 rings (SSSR count).